The minimum atomic E-state index is -0.857. The first-order valence-electron chi connectivity index (χ1n) is 6.86. The molecule has 2 heterocycles. The number of hydrogen-bond acceptors (Lipinski definition) is 5. The summed E-state index contributed by atoms with van der Waals surface area (Å²) in [5.41, 5.74) is 1.71. The maximum absolute atomic E-state index is 10.0. The second-order valence-corrected chi connectivity index (χ2v) is 5.19. The number of piperazine rings is 1. The Bertz CT molecular complexity index is 405. The van der Waals surface area contributed by atoms with E-state index >= 15 is 0 Å². The predicted octanol–water partition coefficient (Wildman–Crippen LogP) is 0.638. The monoisotopic (exact) mass is 265 g/mol. The number of rotatable bonds is 4. The summed E-state index contributed by atoms with van der Waals surface area (Å²) in [4.78, 5) is 8.75. The third kappa shape index (κ3) is 3.43. The molecule has 1 aliphatic rings. The summed E-state index contributed by atoms with van der Waals surface area (Å²) in [5.74, 6) is 0. The summed E-state index contributed by atoms with van der Waals surface area (Å²) in [6.07, 6.45) is 2.39. The maximum Gasteiger partial charge on any atom is 0.106 e. The van der Waals surface area contributed by atoms with E-state index in [1.54, 1.807) is 6.20 Å². The van der Waals surface area contributed by atoms with Crippen molar-refractivity contribution in [3.8, 4) is 0 Å². The Hall–Kier alpha value is -1.17. The zero-order chi connectivity index (χ0) is 13.8. The SMILES string of the molecule is CCC(O)C(O)c1cncc(N2CCN(C)CC2)c1. The molecule has 106 valence electrons. The molecule has 0 saturated carbocycles. The number of aliphatic hydroxyl groups excluding tert-OH is 2. The van der Waals surface area contributed by atoms with Gasteiger partial charge in [0.05, 0.1) is 18.0 Å². The summed E-state index contributed by atoms with van der Waals surface area (Å²) in [5, 5.41) is 19.8. The van der Waals surface area contributed by atoms with E-state index in [2.05, 4.69) is 21.8 Å². The molecule has 1 aliphatic heterocycles. The van der Waals surface area contributed by atoms with Crippen molar-refractivity contribution in [3.63, 3.8) is 0 Å². The van der Waals surface area contributed by atoms with Crippen LogP contribution in [-0.2, 0) is 0 Å². The van der Waals surface area contributed by atoms with Gasteiger partial charge in [-0.15, -0.1) is 0 Å². The predicted molar refractivity (Wildman–Crippen MR) is 75.2 cm³/mol. The van der Waals surface area contributed by atoms with Gasteiger partial charge in [0.15, 0.2) is 0 Å². The van der Waals surface area contributed by atoms with Gasteiger partial charge in [0, 0.05) is 37.9 Å². The van der Waals surface area contributed by atoms with E-state index in [9.17, 15) is 10.2 Å². The number of aromatic nitrogens is 1. The smallest absolute Gasteiger partial charge is 0.106 e. The molecule has 0 radical (unpaired) electrons. The first kappa shape index (κ1) is 14.2. The quantitative estimate of drug-likeness (QED) is 0.836. The molecule has 2 atom stereocenters. The average molecular weight is 265 g/mol. The summed E-state index contributed by atoms with van der Waals surface area (Å²) < 4.78 is 0. The van der Waals surface area contributed by atoms with Gasteiger partial charge in [0.2, 0.25) is 0 Å². The van der Waals surface area contributed by atoms with E-state index < -0.39 is 12.2 Å². The van der Waals surface area contributed by atoms with Gasteiger partial charge in [-0.05, 0) is 19.5 Å². The minimum Gasteiger partial charge on any atom is -0.390 e. The van der Waals surface area contributed by atoms with Gasteiger partial charge in [-0.3, -0.25) is 4.98 Å². The topological polar surface area (TPSA) is 59.8 Å². The van der Waals surface area contributed by atoms with Crippen molar-refractivity contribution < 1.29 is 10.2 Å². The summed E-state index contributed by atoms with van der Waals surface area (Å²) >= 11 is 0. The van der Waals surface area contributed by atoms with Gasteiger partial charge in [-0.25, -0.2) is 0 Å². The molecular weight excluding hydrogens is 242 g/mol. The standard InChI is InChI=1S/C14H23N3O2/c1-3-13(18)14(19)11-8-12(10-15-9-11)17-6-4-16(2)5-7-17/h8-10,13-14,18-19H,3-7H2,1-2H3. The highest BCUT2D eigenvalue weighted by atomic mass is 16.3. The Morgan fingerprint density at radius 1 is 1.21 bits per heavy atom. The number of pyridine rings is 1. The van der Waals surface area contributed by atoms with E-state index in [0.717, 1.165) is 31.9 Å². The Kier molecular flexibility index (Phi) is 4.74. The molecule has 1 fully saturated rings. The van der Waals surface area contributed by atoms with Gasteiger partial charge < -0.3 is 20.0 Å². The number of likely N-dealkylation sites (N-methyl/N-ethyl adjacent to an activating group) is 1. The second-order valence-electron chi connectivity index (χ2n) is 5.19. The molecule has 5 heteroatoms. The average Bonchev–Trinajstić information content (AvgIpc) is 2.46. The fourth-order valence-corrected chi connectivity index (χ4v) is 2.29. The summed E-state index contributed by atoms with van der Waals surface area (Å²) in [6, 6.07) is 1.93. The van der Waals surface area contributed by atoms with Gasteiger partial charge in [-0.1, -0.05) is 6.92 Å². The first-order chi connectivity index (χ1) is 9.11. The van der Waals surface area contributed by atoms with Crippen molar-refractivity contribution in [2.24, 2.45) is 0 Å². The largest absolute Gasteiger partial charge is 0.390 e. The molecule has 0 bridgehead atoms. The Labute approximate surface area is 114 Å². The van der Waals surface area contributed by atoms with Gasteiger partial charge in [-0.2, -0.15) is 0 Å². The molecule has 2 N–H and O–H groups in total. The van der Waals surface area contributed by atoms with Crippen LogP contribution in [0.3, 0.4) is 0 Å². The van der Waals surface area contributed by atoms with Gasteiger partial charge in [0.25, 0.3) is 0 Å². The third-order valence-corrected chi connectivity index (χ3v) is 3.74. The number of nitrogens with zero attached hydrogens (tertiary/aromatic N) is 3. The third-order valence-electron chi connectivity index (χ3n) is 3.74. The second kappa shape index (κ2) is 6.32. The highest BCUT2D eigenvalue weighted by Gasteiger charge is 2.19. The van der Waals surface area contributed by atoms with Crippen LogP contribution in [0, 0.1) is 0 Å². The van der Waals surface area contributed by atoms with E-state index in [0.29, 0.717) is 12.0 Å². The molecule has 1 aromatic rings. The fraction of sp³-hybridized carbons (Fsp3) is 0.643. The molecule has 0 spiro atoms. The highest BCUT2D eigenvalue weighted by molar-refractivity contribution is 5.47. The van der Waals surface area contributed by atoms with Crippen LogP contribution in [0.4, 0.5) is 5.69 Å². The zero-order valence-electron chi connectivity index (χ0n) is 11.7. The number of aliphatic hydroxyl groups is 2. The van der Waals surface area contributed by atoms with Crippen LogP contribution in [0.5, 0.6) is 0 Å². The van der Waals surface area contributed by atoms with E-state index in [1.165, 1.54) is 0 Å². The molecule has 2 unspecified atom stereocenters. The molecule has 0 aromatic carbocycles. The summed E-state index contributed by atoms with van der Waals surface area (Å²) in [6.45, 7) is 5.85. The molecular formula is C14H23N3O2. The Morgan fingerprint density at radius 2 is 1.89 bits per heavy atom. The van der Waals surface area contributed by atoms with Gasteiger partial charge in [0.1, 0.15) is 6.10 Å². The first-order valence-corrected chi connectivity index (χ1v) is 6.86. The van der Waals surface area contributed by atoms with Crippen LogP contribution in [0.15, 0.2) is 18.5 Å². The Morgan fingerprint density at radius 3 is 2.53 bits per heavy atom. The zero-order valence-corrected chi connectivity index (χ0v) is 11.7. The molecule has 1 aromatic heterocycles. The summed E-state index contributed by atoms with van der Waals surface area (Å²) in [7, 11) is 2.12. The van der Waals surface area contributed by atoms with Crippen molar-refractivity contribution in [2.75, 3.05) is 38.1 Å². The van der Waals surface area contributed by atoms with E-state index in [-0.39, 0.29) is 0 Å². The van der Waals surface area contributed by atoms with Crippen LogP contribution >= 0.6 is 0 Å². The van der Waals surface area contributed by atoms with Crippen LogP contribution in [-0.4, -0.2) is 59.4 Å². The van der Waals surface area contributed by atoms with Gasteiger partial charge >= 0.3 is 0 Å². The van der Waals surface area contributed by atoms with Crippen LogP contribution in [0.2, 0.25) is 0 Å². The lowest BCUT2D eigenvalue weighted by Gasteiger charge is -2.34. The van der Waals surface area contributed by atoms with E-state index in [4.69, 9.17) is 0 Å². The van der Waals surface area contributed by atoms with Crippen molar-refractivity contribution in [1.82, 2.24) is 9.88 Å². The molecule has 5 nitrogen and oxygen atoms in total. The van der Waals surface area contributed by atoms with Crippen molar-refractivity contribution >= 4 is 5.69 Å². The molecule has 2 rings (SSSR count). The lowest BCUT2D eigenvalue weighted by Crippen LogP contribution is -2.44. The van der Waals surface area contributed by atoms with Crippen LogP contribution in [0.1, 0.15) is 25.0 Å². The van der Waals surface area contributed by atoms with Crippen molar-refractivity contribution in [3.05, 3.63) is 24.0 Å². The Balaban J connectivity index is 2.10. The van der Waals surface area contributed by atoms with Crippen molar-refractivity contribution in [1.29, 1.82) is 0 Å². The number of anilines is 1. The number of hydrogen-bond donors (Lipinski definition) is 2. The van der Waals surface area contributed by atoms with Crippen LogP contribution in [0.25, 0.3) is 0 Å². The molecule has 0 aliphatic carbocycles. The fourth-order valence-electron chi connectivity index (χ4n) is 2.29. The van der Waals surface area contributed by atoms with Crippen molar-refractivity contribution in [2.45, 2.75) is 25.6 Å². The maximum atomic E-state index is 10.0. The highest BCUT2D eigenvalue weighted by Crippen LogP contribution is 2.23. The molecule has 1 saturated heterocycles. The minimum absolute atomic E-state index is 0.528. The normalized spacial score (nSPS) is 20.3. The lowest BCUT2D eigenvalue weighted by atomic mass is 10.0. The van der Waals surface area contributed by atoms with Crippen LogP contribution < -0.4 is 4.90 Å². The molecule has 19 heavy (non-hydrogen) atoms. The van der Waals surface area contributed by atoms with E-state index in [1.807, 2.05) is 19.2 Å². The molecule has 0 amide bonds. The lowest BCUT2D eigenvalue weighted by molar-refractivity contribution is 0.0163.